The predicted molar refractivity (Wildman–Crippen MR) is 156 cm³/mol. The van der Waals surface area contributed by atoms with Gasteiger partial charge in [0, 0.05) is 35.1 Å². The number of H-pyrrole nitrogens is 1. The first kappa shape index (κ1) is 23.8. The summed E-state index contributed by atoms with van der Waals surface area (Å²) in [7, 11) is 4.00. The number of aromatic nitrogens is 2. The third-order valence-electron chi connectivity index (χ3n) is 6.24. The van der Waals surface area contributed by atoms with E-state index in [4.69, 9.17) is 9.98 Å². The maximum atomic E-state index is 13.7. The molecule has 5 aromatic rings. The van der Waals surface area contributed by atoms with E-state index in [-0.39, 0.29) is 5.91 Å². The van der Waals surface area contributed by atoms with Gasteiger partial charge in [0.15, 0.2) is 5.84 Å². The Morgan fingerprint density at radius 3 is 2.26 bits per heavy atom. The van der Waals surface area contributed by atoms with Crippen molar-refractivity contribution in [3.05, 3.63) is 120 Å². The Morgan fingerprint density at radius 2 is 1.55 bits per heavy atom. The van der Waals surface area contributed by atoms with E-state index in [1.807, 2.05) is 110 Å². The lowest BCUT2D eigenvalue weighted by molar-refractivity contribution is -0.113. The van der Waals surface area contributed by atoms with Crippen LogP contribution in [0, 0.1) is 0 Å². The number of aromatic amines is 1. The van der Waals surface area contributed by atoms with Crippen molar-refractivity contribution in [2.24, 2.45) is 4.99 Å². The number of amidine groups is 1. The molecule has 1 amide bonds. The molecule has 186 valence electrons. The summed E-state index contributed by atoms with van der Waals surface area (Å²) in [6.07, 6.45) is 1.82. The molecule has 0 fully saturated rings. The van der Waals surface area contributed by atoms with Crippen LogP contribution < -0.4 is 9.80 Å². The van der Waals surface area contributed by atoms with Gasteiger partial charge in [0.25, 0.3) is 5.91 Å². The second-order valence-corrected chi connectivity index (χ2v) is 10.3. The summed E-state index contributed by atoms with van der Waals surface area (Å²) in [6, 6.07) is 34.1. The van der Waals surface area contributed by atoms with Crippen molar-refractivity contribution in [3.8, 4) is 0 Å². The normalized spacial score (nSPS) is 14.4. The number of nitrogens with zero attached hydrogens (tertiary/aromatic N) is 4. The lowest BCUT2D eigenvalue weighted by atomic mass is 10.1. The van der Waals surface area contributed by atoms with Gasteiger partial charge in [-0.2, -0.15) is 0 Å². The lowest BCUT2D eigenvalue weighted by Crippen LogP contribution is -2.33. The zero-order valence-electron chi connectivity index (χ0n) is 21.0. The molecule has 0 aliphatic carbocycles. The van der Waals surface area contributed by atoms with Crippen LogP contribution in [0.15, 0.2) is 124 Å². The molecule has 0 saturated carbocycles. The van der Waals surface area contributed by atoms with Crippen molar-refractivity contribution in [2.45, 2.75) is 9.79 Å². The second kappa shape index (κ2) is 10.0. The third-order valence-corrected chi connectivity index (χ3v) is 7.23. The molecule has 0 unspecified atom stereocenters. The number of imidazole rings is 1. The summed E-state index contributed by atoms with van der Waals surface area (Å²) < 4.78 is 0. The zero-order chi connectivity index (χ0) is 26.1. The van der Waals surface area contributed by atoms with Crippen LogP contribution in [0.25, 0.3) is 17.1 Å². The number of rotatable bonds is 6. The van der Waals surface area contributed by atoms with Gasteiger partial charge in [-0.15, -0.1) is 0 Å². The van der Waals surface area contributed by atoms with Crippen LogP contribution in [-0.4, -0.2) is 35.8 Å². The van der Waals surface area contributed by atoms with Crippen molar-refractivity contribution >= 4 is 52.2 Å². The Labute approximate surface area is 225 Å². The van der Waals surface area contributed by atoms with E-state index in [1.54, 1.807) is 16.7 Å². The average Bonchev–Trinajstić information content (AvgIpc) is 3.50. The molecule has 1 aliphatic rings. The summed E-state index contributed by atoms with van der Waals surface area (Å²) >= 11 is 1.68. The third kappa shape index (κ3) is 4.71. The molecule has 0 saturated heterocycles. The smallest absolute Gasteiger partial charge is 0.285 e. The summed E-state index contributed by atoms with van der Waals surface area (Å²) in [5, 5.41) is 0. The van der Waals surface area contributed by atoms with E-state index in [0.717, 1.165) is 37.6 Å². The monoisotopic (exact) mass is 515 g/mol. The highest BCUT2D eigenvalue weighted by atomic mass is 32.2. The molecule has 1 N–H and O–H groups in total. The van der Waals surface area contributed by atoms with Gasteiger partial charge in [0.2, 0.25) is 5.95 Å². The summed E-state index contributed by atoms with van der Waals surface area (Å²) in [4.78, 5) is 32.5. The summed E-state index contributed by atoms with van der Waals surface area (Å²) in [5.41, 5.74) is 4.85. The maximum absolute atomic E-state index is 13.7. The molecule has 38 heavy (non-hydrogen) atoms. The highest BCUT2D eigenvalue weighted by molar-refractivity contribution is 7.99. The number of hydrogen-bond acceptors (Lipinski definition) is 5. The standard InChI is InChI=1S/C31H25N5OS/c1-35(2)23-15-13-21(14-16-23)19-28-30(37)36(29(32-28)22-9-5-3-6-10-22)31-33-26-18-17-25(20-27(26)34-31)38-24-11-7-4-8-12-24/h3-20H,1-2H3,(H,33,34). The van der Waals surface area contributed by atoms with E-state index in [9.17, 15) is 4.79 Å². The summed E-state index contributed by atoms with van der Waals surface area (Å²) in [6.45, 7) is 0. The van der Waals surface area contributed by atoms with Crippen LogP contribution >= 0.6 is 11.8 Å². The van der Waals surface area contributed by atoms with Crippen molar-refractivity contribution in [2.75, 3.05) is 23.9 Å². The second-order valence-electron chi connectivity index (χ2n) is 9.11. The van der Waals surface area contributed by atoms with Gasteiger partial charge in [-0.1, -0.05) is 72.4 Å². The fourth-order valence-corrected chi connectivity index (χ4v) is 5.17. The molecule has 0 radical (unpaired) electrons. The highest BCUT2D eigenvalue weighted by Gasteiger charge is 2.34. The minimum absolute atomic E-state index is 0.224. The quantitative estimate of drug-likeness (QED) is 0.258. The predicted octanol–water partition coefficient (Wildman–Crippen LogP) is 6.61. The molecule has 1 aliphatic heterocycles. The van der Waals surface area contributed by atoms with Crippen molar-refractivity contribution in [1.82, 2.24) is 9.97 Å². The number of fused-ring (bicyclic) bond motifs is 1. The number of aliphatic imine (C=N–C) groups is 1. The van der Waals surface area contributed by atoms with Gasteiger partial charge in [0.05, 0.1) is 11.0 Å². The van der Waals surface area contributed by atoms with Gasteiger partial charge in [-0.3, -0.25) is 4.79 Å². The molecule has 0 atom stereocenters. The van der Waals surface area contributed by atoms with Gasteiger partial charge < -0.3 is 9.88 Å². The summed E-state index contributed by atoms with van der Waals surface area (Å²) in [5.74, 6) is 0.768. The van der Waals surface area contributed by atoms with Crippen molar-refractivity contribution < 1.29 is 4.79 Å². The number of nitrogens with one attached hydrogen (secondary N) is 1. The topological polar surface area (TPSA) is 64.6 Å². The Bertz CT molecular complexity index is 1670. The zero-order valence-corrected chi connectivity index (χ0v) is 21.8. The molecule has 6 rings (SSSR count). The fourth-order valence-electron chi connectivity index (χ4n) is 4.29. The van der Waals surface area contributed by atoms with Crippen LogP contribution in [0.1, 0.15) is 11.1 Å². The van der Waals surface area contributed by atoms with Gasteiger partial charge >= 0.3 is 0 Å². The first-order valence-corrected chi connectivity index (χ1v) is 13.1. The SMILES string of the molecule is CN(C)c1ccc(C=C2N=C(c3ccccc3)N(c3nc4ccc(Sc5ccccc5)cc4[nH]3)C2=O)cc1. The fraction of sp³-hybridized carbons (Fsp3) is 0.0645. The van der Waals surface area contributed by atoms with Gasteiger partial charge in [-0.05, 0) is 54.1 Å². The van der Waals surface area contributed by atoms with E-state index >= 15 is 0 Å². The highest BCUT2D eigenvalue weighted by Crippen LogP contribution is 2.32. The minimum atomic E-state index is -0.224. The van der Waals surface area contributed by atoms with E-state index in [0.29, 0.717) is 17.5 Å². The van der Waals surface area contributed by atoms with Crippen LogP contribution in [-0.2, 0) is 4.79 Å². The number of benzene rings is 4. The molecule has 2 heterocycles. The molecular weight excluding hydrogens is 490 g/mol. The number of carbonyl (C=O) groups is 1. The van der Waals surface area contributed by atoms with E-state index in [1.165, 1.54) is 0 Å². The molecule has 0 bridgehead atoms. The first-order chi connectivity index (χ1) is 18.5. The lowest BCUT2D eigenvalue weighted by Gasteiger charge is -2.15. The van der Waals surface area contributed by atoms with Crippen LogP contribution in [0.5, 0.6) is 0 Å². The number of carbonyl (C=O) groups excluding carboxylic acids is 1. The van der Waals surface area contributed by atoms with Crippen LogP contribution in [0.4, 0.5) is 11.6 Å². The van der Waals surface area contributed by atoms with Gasteiger partial charge in [-0.25, -0.2) is 14.9 Å². The molecule has 1 aromatic heterocycles. The molecule has 6 nitrogen and oxygen atoms in total. The van der Waals surface area contributed by atoms with Crippen LogP contribution in [0.3, 0.4) is 0 Å². The molecule has 7 heteroatoms. The van der Waals surface area contributed by atoms with E-state index in [2.05, 4.69) is 23.2 Å². The first-order valence-electron chi connectivity index (χ1n) is 12.3. The van der Waals surface area contributed by atoms with Crippen LogP contribution in [0.2, 0.25) is 0 Å². The molecule has 4 aromatic carbocycles. The number of anilines is 2. The van der Waals surface area contributed by atoms with Crippen molar-refractivity contribution in [3.63, 3.8) is 0 Å². The molecular formula is C31H25N5OS. The Hall–Kier alpha value is -4.62. The van der Waals surface area contributed by atoms with Crippen molar-refractivity contribution in [1.29, 1.82) is 0 Å². The number of amides is 1. The largest absolute Gasteiger partial charge is 0.378 e. The Kier molecular flexibility index (Phi) is 6.27. The Balaban J connectivity index is 1.37. The van der Waals surface area contributed by atoms with E-state index < -0.39 is 0 Å². The van der Waals surface area contributed by atoms with Gasteiger partial charge in [0.1, 0.15) is 5.70 Å². The number of hydrogen-bond donors (Lipinski definition) is 1. The minimum Gasteiger partial charge on any atom is -0.378 e. The Morgan fingerprint density at radius 1 is 0.842 bits per heavy atom. The average molecular weight is 516 g/mol. The molecule has 0 spiro atoms. The maximum Gasteiger partial charge on any atom is 0.285 e.